The number of hydrogen-bond acceptors (Lipinski definition) is 6. The number of carbonyl (C=O) groups excluding carboxylic acids is 6. The number of benzene rings is 1. The Morgan fingerprint density at radius 1 is 0.636 bits per heavy atom. The zero-order valence-electron chi connectivity index (χ0n) is 25.8. The molecule has 12 heteroatoms. The molecule has 0 spiro atoms. The summed E-state index contributed by atoms with van der Waals surface area (Å²) in [4.78, 5) is 73.7. The van der Waals surface area contributed by atoms with Crippen molar-refractivity contribution < 1.29 is 28.8 Å². The first-order chi connectivity index (χ1) is 20.8. The Hall–Kier alpha value is -3.96. The molecule has 6 amide bonds. The minimum absolute atomic E-state index is 0.0127. The van der Waals surface area contributed by atoms with Crippen LogP contribution in [0.25, 0.3) is 0 Å². The van der Waals surface area contributed by atoms with Gasteiger partial charge in [0.05, 0.1) is 5.41 Å². The van der Waals surface area contributed by atoms with E-state index in [1.165, 1.54) is 6.07 Å². The molecule has 0 aromatic heterocycles. The maximum Gasteiger partial charge on any atom is 0.249 e. The van der Waals surface area contributed by atoms with Gasteiger partial charge in [0.1, 0.15) is 0 Å². The highest BCUT2D eigenvalue weighted by Crippen LogP contribution is 2.41. The highest BCUT2D eigenvalue weighted by Gasteiger charge is 2.42. The van der Waals surface area contributed by atoms with Crippen molar-refractivity contribution >= 4 is 35.4 Å². The average Bonchev–Trinajstić information content (AvgIpc) is 2.91. The molecule has 2 rings (SSSR count). The monoisotopic (exact) mass is 614 g/mol. The Balaban J connectivity index is 2.41. The van der Waals surface area contributed by atoms with E-state index in [0.29, 0.717) is 68.1 Å². The van der Waals surface area contributed by atoms with Crippen LogP contribution in [-0.2, 0) is 37.4 Å². The number of carbonyl (C=O) groups is 6. The Kier molecular flexibility index (Phi) is 14.3. The number of hydrogen-bond donors (Lipinski definition) is 6. The topological polar surface area (TPSA) is 259 Å². The van der Waals surface area contributed by atoms with Gasteiger partial charge in [0.25, 0.3) is 0 Å². The molecule has 244 valence electrons. The molecule has 12 nitrogen and oxygen atoms in total. The summed E-state index contributed by atoms with van der Waals surface area (Å²) >= 11 is 0. The number of rotatable bonds is 20. The van der Waals surface area contributed by atoms with Gasteiger partial charge in [-0.25, -0.2) is 0 Å². The lowest BCUT2D eigenvalue weighted by molar-refractivity contribution is -0.125. The average molecular weight is 615 g/mol. The minimum Gasteiger partial charge on any atom is -0.370 e. The molecule has 2 atom stereocenters. The van der Waals surface area contributed by atoms with Crippen molar-refractivity contribution in [3.8, 4) is 0 Å². The van der Waals surface area contributed by atoms with Gasteiger partial charge in [-0.05, 0) is 87.0 Å². The summed E-state index contributed by atoms with van der Waals surface area (Å²) in [5.74, 6) is -3.78. The van der Waals surface area contributed by atoms with Gasteiger partial charge < -0.3 is 34.4 Å². The highest BCUT2D eigenvalue weighted by molar-refractivity contribution is 6.03. The largest absolute Gasteiger partial charge is 0.370 e. The Bertz CT molecular complexity index is 1230. The Morgan fingerprint density at radius 3 is 1.73 bits per heavy atom. The van der Waals surface area contributed by atoms with Gasteiger partial charge in [-0.15, -0.1) is 0 Å². The van der Waals surface area contributed by atoms with Crippen LogP contribution in [0.1, 0.15) is 140 Å². The molecule has 0 aliphatic heterocycles. The molecule has 1 aliphatic carbocycles. The summed E-state index contributed by atoms with van der Waals surface area (Å²) in [5.41, 5.74) is 34.8. The molecule has 2 unspecified atom stereocenters. The van der Waals surface area contributed by atoms with Crippen molar-refractivity contribution in [1.82, 2.24) is 0 Å². The first-order valence-electron chi connectivity index (χ1n) is 15.8. The molecule has 44 heavy (non-hydrogen) atoms. The summed E-state index contributed by atoms with van der Waals surface area (Å²) in [6.07, 6.45) is 9.63. The maximum absolute atomic E-state index is 13.4. The van der Waals surface area contributed by atoms with Crippen LogP contribution in [0.2, 0.25) is 0 Å². The van der Waals surface area contributed by atoms with E-state index in [9.17, 15) is 28.8 Å². The van der Waals surface area contributed by atoms with Crippen LogP contribution >= 0.6 is 0 Å². The fraction of sp³-hybridized carbons (Fsp3) is 0.625. The second-order valence-corrected chi connectivity index (χ2v) is 12.1. The fourth-order valence-corrected chi connectivity index (χ4v) is 6.64. The van der Waals surface area contributed by atoms with Crippen LogP contribution in [-0.4, -0.2) is 35.4 Å². The lowest BCUT2D eigenvalue weighted by Crippen LogP contribution is -2.44. The molecule has 0 heterocycles. The smallest absolute Gasteiger partial charge is 0.249 e. The van der Waals surface area contributed by atoms with Crippen molar-refractivity contribution in [3.05, 3.63) is 33.9 Å². The summed E-state index contributed by atoms with van der Waals surface area (Å²) in [5, 5.41) is 0. The van der Waals surface area contributed by atoms with Crippen LogP contribution in [0.15, 0.2) is 6.07 Å². The zero-order valence-corrected chi connectivity index (χ0v) is 25.8. The zero-order chi connectivity index (χ0) is 32.9. The molecule has 1 aromatic rings. The summed E-state index contributed by atoms with van der Waals surface area (Å²) in [6.45, 7) is 0. The van der Waals surface area contributed by atoms with E-state index >= 15 is 0 Å². The first kappa shape index (κ1) is 36.2. The van der Waals surface area contributed by atoms with E-state index in [1.807, 2.05) is 0 Å². The van der Waals surface area contributed by atoms with E-state index in [4.69, 9.17) is 34.4 Å². The molecule has 12 N–H and O–H groups in total. The first-order valence-corrected chi connectivity index (χ1v) is 15.8. The number of primary amides is 6. The van der Waals surface area contributed by atoms with Gasteiger partial charge in [0, 0.05) is 29.9 Å². The Morgan fingerprint density at radius 2 is 1.18 bits per heavy atom. The SMILES string of the molecule is NC(=O)CCCC(CCCCCCC(CCCC(N)=O)(C(N)=O)c1cc(C(N)=O)c2c(c1C(N)=O)CCCCCC2)C(N)=O. The molecule has 1 aliphatic rings. The molecule has 0 fully saturated rings. The summed E-state index contributed by atoms with van der Waals surface area (Å²) < 4.78 is 0. The van der Waals surface area contributed by atoms with Crippen molar-refractivity contribution in [3.63, 3.8) is 0 Å². The van der Waals surface area contributed by atoms with Gasteiger partial charge in [-0.1, -0.05) is 38.5 Å². The van der Waals surface area contributed by atoms with Gasteiger partial charge in [-0.3, -0.25) is 28.8 Å². The van der Waals surface area contributed by atoms with Gasteiger partial charge in [0.2, 0.25) is 35.4 Å². The number of unbranched alkanes of at least 4 members (excludes halogenated alkanes) is 3. The summed E-state index contributed by atoms with van der Waals surface area (Å²) in [6, 6.07) is 1.53. The van der Waals surface area contributed by atoms with E-state index in [1.54, 1.807) is 0 Å². The normalized spacial score (nSPS) is 15.2. The Labute approximate surface area is 259 Å². The van der Waals surface area contributed by atoms with Crippen LogP contribution in [0.4, 0.5) is 0 Å². The van der Waals surface area contributed by atoms with Gasteiger partial charge >= 0.3 is 0 Å². The van der Waals surface area contributed by atoms with Crippen LogP contribution in [0.5, 0.6) is 0 Å². The molecular weight excluding hydrogens is 564 g/mol. The standard InChI is InChI=1S/C32H50N6O6/c33-25(39)15-9-12-20(28(35)41)11-5-3-4-8-17-32(31(38)44,18-10-16-26(34)40)24-19-23(29(36)42)21-13-6-1-2-7-14-22(21)27(24)30(37)43/h19-20H,1-18H2,(H2,33,39)(H2,34,40)(H2,35,41)(H2,36,42)(H2,37,43)(H2,38,44). The summed E-state index contributed by atoms with van der Waals surface area (Å²) in [7, 11) is 0. The molecule has 0 radical (unpaired) electrons. The van der Waals surface area contributed by atoms with Crippen molar-refractivity contribution in [2.45, 2.75) is 121 Å². The van der Waals surface area contributed by atoms with E-state index in [0.717, 1.165) is 32.1 Å². The molecule has 1 aromatic carbocycles. The minimum atomic E-state index is -1.40. The van der Waals surface area contributed by atoms with Crippen molar-refractivity contribution in [2.75, 3.05) is 0 Å². The van der Waals surface area contributed by atoms with E-state index in [-0.39, 0.29) is 49.1 Å². The second kappa shape index (κ2) is 17.4. The molecular formula is C32H50N6O6. The third kappa shape index (κ3) is 10.1. The predicted molar refractivity (Wildman–Crippen MR) is 167 cm³/mol. The quantitative estimate of drug-likeness (QED) is 0.120. The predicted octanol–water partition coefficient (Wildman–Crippen LogP) is 2.02. The van der Waals surface area contributed by atoms with Crippen LogP contribution in [0, 0.1) is 5.92 Å². The highest BCUT2D eigenvalue weighted by atomic mass is 16.2. The molecule has 0 saturated heterocycles. The third-order valence-electron chi connectivity index (χ3n) is 8.96. The second-order valence-electron chi connectivity index (χ2n) is 12.1. The van der Waals surface area contributed by atoms with Gasteiger partial charge in [-0.2, -0.15) is 0 Å². The van der Waals surface area contributed by atoms with Crippen molar-refractivity contribution in [2.24, 2.45) is 40.3 Å². The van der Waals surface area contributed by atoms with Gasteiger partial charge in [0.15, 0.2) is 0 Å². The molecule has 0 bridgehead atoms. The fourth-order valence-electron chi connectivity index (χ4n) is 6.64. The molecule has 0 saturated carbocycles. The number of fused-ring (bicyclic) bond motifs is 1. The lowest BCUT2D eigenvalue weighted by atomic mass is 9.67. The van der Waals surface area contributed by atoms with E-state index in [2.05, 4.69) is 0 Å². The van der Waals surface area contributed by atoms with Crippen LogP contribution < -0.4 is 34.4 Å². The van der Waals surface area contributed by atoms with Crippen molar-refractivity contribution in [1.29, 1.82) is 0 Å². The number of amides is 6. The maximum atomic E-state index is 13.4. The number of nitrogens with two attached hydrogens (primary N) is 6. The van der Waals surface area contributed by atoms with E-state index < -0.39 is 40.9 Å². The third-order valence-corrected chi connectivity index (χ3v) is 8.96. The van der Waals surface area contributed by atoms with Crippen LogP contribution in [0.3, 0.4) is 0 Å². The lowest BCUT2D eigenvalue weighted by Gasteiger charge is -2.35.